The number of amides is 2. The Hall–Kier alpha value is -3.29. The number of methoxy groups -OCH3 is 2. The summed E-state index contributed by atoms with van der Waals surface area (Å²) in [6.45, 7) is 0. The zero-order valence-corrected chi connectivity index (χ0v) is 12.5. The summed E-state index contributed by atoms with van der Waals surface area (Å²) in [5, 5.41) is 9.80. The molecule has 8 nitrogen and oxygen atoms in total. The van der Waals surface area contributed by atoms with Crippen LogP contribution in [-0.2, 0) is 0 Å². The topological polar surface area (TPSA) is 110 Å². The highest BCUT2D eigenvalue weighted by molar-refractivity contribution is 5.99. The Morgan fingerprint density at radius 3 is 1.91 bits per heavy atom. The van der Waals surface area contributed by atoms with Crippen molar-refractivity contribution in [2.24, 2.45) is 0 Å². The second-order valence-electron chi connectivity index (χ2n) is 4.37. The molecular weight excluding hydrogens is 302 g/mol. The lowest BCUT2D eigenvalue weighted by molar-refractivity contribution is 0.0846. The van der Waals surface area contributed by atoms with Crippen LogP contribution in [0.3, 0.4) is 0 Å². The summed E-state index contributed by atoms with van der Waals surface area (Å²) in [6, 6.07) is 5.67. The van der Waals surface area contributed by atoms with Gasteiger partial charge >= 0.3 is 0 Å². The maximum atomic E-state index is 12.1. The third kappa shape index (κ3) is 3.67. The van der Waals surface area contributed by atoms with Crippen LogP contribution in [0.2, 0.25) is 0 Å². The van der Waals surface area contributed by atoms with Crippen molar-refractivity contribution < 1.29 is 24.2 Å². The molecule has 1 aromatic carbocycles. The maximum absolute atomic E-state index is 12.1. The molecule has 0 spiro atoms. The first-order chi connectivity index (χ1) is 11.1. The van der Waals surface area contributed by atoms with Crippen LogP contribution in [0.15, 0.2) is 36.7 Å². The van der Waals surface area contributed by atoms with E-state index < -0.39 is 11.8 Å². The molecule has 0 aliphatic heterocycles. The Morgan fingerprint density at radius 2 is 1.43 bits per heavy atom. The Bertz CT molecular complexity index is 693. The lowest BCUT2D eigenvalue weighted by Crippen LogP contribution is -2.41. The van der Waals surface area contributed by atoms with Gasteiger partial charge in [0, 0.05) is 23.5 Å². The molecule has 0 fully saturated rings. The first kappa shape index (κ1) is 16.1. The summed E-state index contributed by atoms with van der Waals surface area (Å²) in [4.78, 5) is 27.7. The third-order valence-corrected chi connectivity index (χ3v) is 2.97. The number of ether oxygens (including phenoxy) is 2. The number of rotatable bonds is 4. The third-order valence-electron chi connectivity index (χ3n) is 2.97. The normalized spacial score (nSPS) is 9.83. The lowest BCUT2D eigenvalue weighted by atomic mass is 10.1. The van der Waals surface area contributed by atoms with Crippen LogP contribution < -0.4 is 20.3 Å². The molecule has 0 saturated heterocycles. The standard InChI is InChI=1S/C15H15N3O5/c1-22-11-7-10(8-12(23-2)13(11)19)15(21)18-17-14(20)9-3-5-16-6-4-9/h3-8,19H,1-2H3,(H,17,20)(H,18,21). The van der Waals surface area contributed by atoms with Gasteiger partial charge in [-0.1, -0.05) is 0 Å². The molecule has 3 N–H and O–H groups in total. The van der Waals surface area contributed by atoms with Crippen molar-refractivity contribution in [1.82, 2.24) is 15.8 Å². The molecule has 120 valence electrons. The fraction of sp³-hybridized carbons (Fsp3) is 0.133. The number of hydrogen-bond donors (Lipinski definition) is 3. The number of nitrogens with one attached hydrogen (secondary N) is 2. The van der Waals surface area contributed by atoms with Crippen molar-refractivity contribution in [3.05, 3.63) is 47.8 Å². The fourth-order valence-corrected chi connectivity index (χ4v) is 1.79. The van der Waals surface area contributed by atoms with Crippen LogP contribution in [-0.4, -0.2) is 36.1 Å². The average molecular weight is 317 g/mol. The van der Waals surface area contributed by atoms with Gasteiger partial charge in [0.1, 0.15) is 0 Å². The van der Waals surface area contributed by atoms with Crippen molar-refractivity contribution in [2.45, 2.75) is 0 Å². The predicted octanol–water partition coefficient (Wildman–Crippen LogP) is 0.879. The van der Waals surface area contributed by atoms with E-state index in [9.17, 15) is 14.7 Å². The van der Waals surface area contributed by atoms with Crippen molar-refractivity contribution in [2.75, 3.05) is 14.2 Å². The van der Waals surface area contributed by atoms with Gasteiger partial charge in [0.25, 0.3) is 11.8 Å². The highest BCUT2D eigenvalue weighted by Gasteiger charge is 2.16. The smallest absolute Gasteiger partial charge is 0.269 e. The van der Waals surface area contributed by atoms with Gasteiger partial charge in [-0.3, -0.25) is 25.4 Å². The molecule has 1 aromatic heterocycles. The molecular formula is C15H15N3O5. The Labute approximate surface area is 132 Å². The SMILES string of the molecule is COc1cc(C(=O)NNC(=O)c2ccncc2)cc(OC)c1O. The predicted molar refractivity (Wildman–Crippen MR) is 80.4 cm³/mol. The molecule has 0 bridgehead atoms. The number of nitrogens with zero attached hydrogens (tertiary/aromatic N) is 1. The molecule has 0 unspecified atom stereocenters. The van der Waals surface area contributed by atoms with Gasteiger partial charge in [0.15, 0.2) is 11.5 Å². The Morgan fingerprint density at radius 1 is 0.957 bits per heavy atom. The van der Waals surface area contributed by atoms with E-state index in [0.717, 1.165) is 0 Å². The summed E-state index contributed by atoms with van der Waals surface area (Å²) in [7, 11) is 2.70. The Balaban J connectivity index is 2.10. The Kier molecular flexibility index (Phi) is 4.98. The molecule has 0 radical (unpaired) electrons. The van der Waals surface area contributed by atoms with Crippen LogP contribution in [0.1, 0.15) is 20.7 Å². The van der Waals surface area contributed by atoms with Gasteiger partial charge in [0.05, 0.1) is 14.2 Å². The summed E-state index contributed by atoms with van der Waals surface area (Å²) in [6.07, 6.45) is 2.93. The van der Waals surface area contributed by atoms with Gasteiger partial charge in [-0.25, -0.2) is 0 Å². The number of carbonyl (C=O) groups excluding carboxylic acids is 2. The number of aromatic hydroxyl groups is 1. The molecule has 0 aliphatic carbocycles. The molecule has 2 rings (SSSR count). The number of benzene rings is 1. The molecule has 0 saturated carbocycles. The van der Waals surface area contributed by atoms with E-state index in [-0.39, 0.29) is 22.8 Å². The molecule has 23 heavy (non-hydrogen) atoms. The van der Waals surface area contributed by atoms with E-state index in [4.69, 9.17) is 9.47 Å². The van der Waals surface area contributed by atoms with Gasteiger partial charge in [0.2, 0.25) is 5.75 Å². The minimum absolute atomic E-state index is 0.0787. The van der Waals surface area contributed by atoms with Crippen molar-refractivity contribution >= 4 is 11.8 Å². The van der Waals surface area contributed by atoms with Crippen molar-refractivity contribution in [3.63, 3.8) is 0 Å². The van der Waals surface area contributed by atoms with E-state index in [1.165, 1.54) is 50.9 Å². The van der Waals surface area contributed by atoms with Gasteiger partial charge in [-0.15, -0.1) is 0 Å². The minimum atomic E-state index is -0.594. The number of phenolic OH excluding ortho intramolecular Hbond substituents is 1. The van der Waals surface area contributed by atoms with Crippen LogP contribution in [0.5, 0.6) is 17.2 Å². The van der Waals surface area contributed by atoms with Crippen LogP contribution >= 0.6 is 0 Å². The number of hydrogen-bond acceptors (Lipinski definition) is 6. The number of aromatic nitrogens is 1. The lowest BCUT2D eigenvalue weighted by Gasteiger charge is -2.12. The average Bonchev–Trinajstić information content (AvgIpc) is 2.60. The van der Waals surface area contributed by atoms with E-state index in [1.807, 2.05) is 0 Å². The number of pyridine rings is 1. The van der Waals surface area contributed by atoms with Crippen LogP contribution in [0.4, 0.5) is 0 Å². The monoisotopic (exact) mass is 317 g/mol. The van der Waals surface area contributed by atoms with E-state index in [1.54, 1.807) is 0 Å². The largest absolute Gasteiger partial charge is 0.502 e. The molecule has 0 atom stereocenters. The van der Waals surface area contributed by atoms with E-state index >= 15 is 0 Å². The van der Waals surface area contributed by atoms with E-state index in [0.29, 0.717) is 5.56 Å². The van der Waals surface area contributed by atoms with Crippen LogP contribution in [0.25, 0.3) is 0 Å². The highest BCUT2D eigenvalue weighted by atomic mass is 16.5. The minimum Gasteiger partial charge on any atom is -0.502 e. The summed E-state index contributed by atoms with van der Waals surface area (Å²) < 4.78 is 9.94. The van der Waals surface area contributed by atoms with E-state index in [2.05, 4.69) is 15.8 Å². The number of carbonyl (C=O) groups is 2. The molecule has 0 aliphatic rings. The van der Waals surface area contributed by atoms with Gasteiger partial charge < -0.3 is 14.6 Å². The summed E-state index contributed by atoms with van der Waals surface area (Å²) in [5.41, 5.74) is 5.04. The van der Waals surface area contributed by atoms with Gasteiger partial charge in [-0.05, 0) is 24.3 Å². The van der Waals surface area contributed by atoms with Crippen molar-refractivity contribution in [3.8, 4) is 17.2 Å². The number of hydrazine groups is 1. The van der Waals surface area contributed by atoms with Gasteiger partial charge in [-0.2, -0.15) is 0 Å². The molecule has 2 amide bonds. The zero-order chi connectivity index (χ0) is 16.8. The molecule has 1 heterocycles. The van der Waals surface area contributed by atoms with Crippen molar-refractivity contribution in [1.29, 1.82) is 0 Å². The summed E-state index contributed by atoms with van der Waals surface area (Å²) >= 11 is 0. The highest BCUT2D eigenvalue weighted by Crippen LogP contribution is 2.36. The molecule has 8 heteroatoms. The number of phenols is 1. The first-order valence-corrected chi connectivity index (χ1v) is 6.52. The quantitative estimate of drug-likeness (QED) is 0.722. The second kappa shape index (κ2) is 7.12. The van der Waals surface area contributed by atoms with Crippen LogP contribution in [0, 0.1) is 0 Å². The second-order valence-corrected chi connectivity index (χ2v) is 4.37. The summed E-state index contributed by atoms with van der Waals surface area (Å²) in [5.74, 6) is -1.14. The first-order valence-electron chi connectivity index (χ1n) is 6.52. The maximum Gasteiger partial charge on any atom is 0.269 e. The zero-order valence-electron chi connectivity index (χ0n) is 12.5. The molecule has 2 aromatic rings. The fourth-order valence-electron chi connectivity index (χ4n) is 1.79.